The average Bonchev–Trinajstić information content (AvgIpc) is 2.09. The maximum Gasteiger partial charge on any atom is 0.226 e. The lowest BCUT2D eigenvalue weighted by Crippen LogP contribution is -1.96. The Morgan fingerprint density at radius 1 is 1.07 bits per heavy atom. The number of carbonyl (C=O) groups excluding carboxylic acids is 1. The minimum absolute atomic E-state index is 0.0733. The average molecular weight is 292 g/mol. The van der Waals surface area contributed by atoms with E-state index in [4.69, 9.17) is 58.0 Å². The van der Waals surface area contributed by atoms with Crippen LogP contribution in [0.5, 0.6) is 0 Å². The zero-order valence-electron chi connectivity index (χ0n) is 6.58. The summed E-state index contributed by atoms with van der Waals surface area (Å²) in [5, 5.41) is 0.293. The molecule has 0 aliphatic rings. The summed E-state index contributed by atoms with van der Waals surface area (Å²) in [4.78, 5) is 10.7. The molecule has 1 rings (SSSR count). The minimum atomic E-state index is -0.563. The Balaban J connectivity index is 3.29. The molecule has 0 N–H and O–H groups in total. The van der Waals surface area contributed by atoms with Crippen molar-refractivity contribution in [1.29, 1.82) is 0 Å². The summed E-state index contributed by atoms with van der Waals surface area (Å²) < 4.78 is 0. The van der Waals surface area contributed by atoms with Crippen molar-refractivity contribution >= 4 is 63.2 Å². The predicted octanol–water partition coefficient (Wildman–Crippen LogP) is 4.61. The van der Waals surface area contributed by atoms with Crippen LogP contribution in [0.15, 0.2) is 6.07 Å². The first-order valence-electron chi connectivity index (χ1n) is 3.43. The lowest BCUT2D eigenvalue weighted by Gasteiger charge is -2.07. The number of carbonyl (C=O) groups is 1. The fourth-order valence-electron chi connectivity index (χ4n) is 0.905. The van der Waals surface area contributed by atoms with Gasteiger partial charge in [0.15, 0.2) is 0 Å². The molecule has 0 saturated heterocycles. The van der Waals surface area contributed by atoms with Crippen molar-refractivity contribution in [3.05, 3.63) is 31.7 Å². The molecule has 1 aromatic rings. The number of hydrogen-bond acceptors (Lipinski definition) is 1. The molecule has 6 heteroatoms. The lowest BCUT2D eigenvalue weighted by atomic mass is 10.1. The molecule has 0 amide bonds. The summed E-state index contributed by atoms with van der Waals surface area (Å²) in [6, 6.07) is 1.42. The van der Waals surface area contributed by atoms with Gasteiger partial charge < -0.3 is 0 Å². The van der Waals surface area contributed by atoms with E-state index in [0.29, 0.717) is 5.56 Å². The number of benzene rings is 1. The summed E-state index contributed by atoms with van der Waals surface area (Å²) in [7, 11) is 0. The van der Waals surface area contributed by atoms with Crippen molar-refractivity contribution in [3.8, 4) is 0 Å². The van der Waals surface area contributed by atoms with Gasteiger partial charge in [0.25, 0.3) is 0 Å². The van der Waals surface area contributed by atoms with E-state index >= 15 is 0 Å². The molecule has 0 heterocycles. The Morgan fingerprint density at radius 2 is 1.64 bits per heavy atom. The fourth-order valence-corrected chi connectivity index (χ4v) is 2.10. The highest BCUT2D eigenvalue weighted by molar-refractivity contribution is 6.64. The fraction of sp³-hybridized carbons (Fsp3) is 0.125. The van der Waals surface area contributed by atoms with Gasteiger partial charge in [-0.3, -0.25) is 4.79 Å². The van der Waals surface area contributed by atoms with E-state index in [1.807, 2.05) is 0 Å². The van der Waals surface area contributed by atoms with E-state index < -0.39 is 5.24 Å². The second-order valence-electron chi connectivity index (χ2n) is 2.48. The van der Waals surface area contributed by atoms with Gasteiger partial charge in [0.1, 0.15) is 0 Å². The van der Waals surface area contributed by atoms with Crippen LogP contribution in [0.25, 0.3) is 0 Å². The Morgan fingerprint density at radius 3 is 2.14 bits per heavy atom. The van der Waals surface area contributed by atoms with Crippen LogP contribution in [0.1, 0.15) is 5.56 Å². The first kappa shape index (κ1) is 12.4. The third-order valence-electron chi connectivity index (χ3n) is 1.52. The van der Waals surface area contributed by atoms with Gasteiger partial charge in [-0.1, -0.05) is 46.4 Å². The van der Waals surface area contributed by atoms with E-state index in [1.165, 1.54) is 6.07 Å². The normalized spacial score (nSPS) is 10.4. The van der Waals surface area contributed by atoms with Crippen molar-refractivity contribution in [2.75, 3.05) is 0 Å². The summed E-state index contributed by atoms with van der Waals surface area (Å²) in [5.74, 6) is 0. The zero-order valence-corrected chi connectivity index (χ0v) is 10.4. The van der Waals surface area contributed by atoms with Crippen LogP contribution in [0.3, 0.4) is 0 Å². The Hall–Kier alpha value is 0.340. The van der Waals surface area contributed by atoms with Gasteiger partial charge >= 0.3 is 0 Å². The second kappa shape index (κ2) is 4.91. The molecule has 0 aliphatic heterocycles. The molecule has 0 bridgehead atoms. The van der Waals surface area contributed by atoms with E-state index in [2.05, 4.69) is 0 Å². The van der Waals surface area contributed by atoms with Crippen LogP contribution in [0.4, 0.5) is 0 Å². The zero-order chi connectivity index (χ0) is 10.9. The molecule has 0 atom stereocenters. The Kier molecular flexibility index (Phi) is 4.35. The predicted molar refractivity (Wildman–Crippen MR) is 61.0 cm³/mol. The first-order chi connectivity index (χ1) is 6.43. The molecule has 1 nitrogen and oxygen atoms in total. The van der Waals surface area contributed by atoms with Crippen molar-refractivity contribution in [1.82, 2.24) is 0 Å². The van der Waals surface area contributed by atoms with Crippen LogP contribution in [-0.2, 0) is 11.2 Å². The Labute approximate surface area is 106 Å². The quantitative estimate of drug-likeness (QED) is 0.442. The highest BCUT2D eigenvalue weighted by Crippen LogP contribution is 2.37. The van der Waals surface area contributed by atoms with E-state index in [-0.39, 0.29) is 26.5 Å². The topological polar surface area (TPSA) is 17.1 Å². The maximum absolute atomic E-state index is 10.7. The third kappa shape index (κ3) is 2.68. The number of rotatable bonds is 2. The summed E-state index contributed by atoms with van der Waals surface area (Å²) in [6.07, 6.45) is -0.0733. The summed E-state index contributed by atoms with van der Waals surface area (Å²) >= 11 is 28.3. The van der Waals surface area contributed by atoms with Crippen LogP contribution in [0.2, 0.25) is 20.1 Å². The van der Waals surface area contributed by atoms with E-state index in [1.54, 1.807) is 0 Å². The minimum Gasteiger partial charge on any atom is -0.281 e. The van der Waals surface area contributed by atoms with E-state index in [0.717, 1.165) is 0 Å². The molecule has 14 heavy (non-hydrogen) atoms. The van der Waals surface area contributed by atoms with Gasteiger partial charge in [0, 0.05) is 11.4 Å². The lowest BCUT2D eigenvalue weighted by molar-refractivity contribution is -0.111. The molecule has 0 aromatic heterocycles. The summed E-state index contributed by atoms with van der Waals surface area (Å²) in [6.45, 7) is 0. The van der Waals surface area contributed by atoms with Gasteiger partial charge in [-0.05, 0) is 23.2 Å². The highest BCUT2D eigenvalue weighted by Gasteiger charge is 2.15. The maximum atomic E-state index is 10.7. The molecule has 0 saturated carbocycles. The first-order valence-corrected chi connectivity index (χ1v) is 5.32. The second-order valence-corrected chi connectivity index (χ2v) is 4.47. The van der Waals surface area contributed by atoms with Crippen molar-refractivity contribution in [2.24, 2.45) is 0 Å². The van der Waals surface area contributed by atoms with Crippen LogP contribution in [0, 0.1) is 0 Å². The SMILES string of the molecule is O=C(Cl)Cc1c(Cl)cc(Cl)c(Cl)c1Cl. The molecule has 0 spiro atoms. The van der Waals surface area contributed by atoms with Crippen molar-refractivity contribution in [2.45, 2.75) is 6.42 Å². The highest BCUT2D eigenvalue weighted by atomic mass is 35.5. The van der Waals surface area contributed by atoms with Gasteiger partial charge in [-0.2, -0.15) is 0 Å². The molecule has 0 unspecified atom stereocenters. The smallest absolute Gasteiger partial charge is 0.226 e. The van der Waals surface area contributed by atoms with Crippen LogP contribution in [-0.4, -0.2) is 5.24 Å². The third-order valence-corrected chi connectivity index (χ3v) is 3.30. The van der Waals surface area contributed by atoms with Crippen molar-refractivity contribution in [3.63, 3.8) is 0 Å². The van der Waals surface area contributed by atoms with Gasteiger partial charge in [0.2, 0.25) is 5.24 Å². The molecular formula is C8H3Cl5O. The largest absolute Gasteiger partial charge is 0.281 e. The molecular weight excluding hydrogens is 289 g/mol. The van der Waals surface area contributed by atoms with Crippen molar-refractivity contribution < 1.29 is 4.79 Å². The molecule has 0 radical (unpaired) electrons. The van der Waals surface area contributed by atoms with Gasteiger partial charge in [-0.15, -0.1) is 0 Å². The van der Waals surface area contributed by atoms with Gasteiger partial charge in [-0.25, -0.2) is 0 Å². The molecule has 0 aliphatic carbocycles. The monoisotopic (exact) mass is 290 g/mol. The van der Waals surface area contributed by atoms with E-state index in [9.17, 15) is 4.79 Å². The standard InChI is InChI=1S/C8H3Cl5O/c9-4-2-5(10)8(13)7(12)3(4)1-6(11)14/h2H,1H2. The molecule has 1 aromatic carbocycles. The number of halogens is 5. The molecule has 76 valence electrons. The summed E-state index contributed by atoms with van der Waals surface area (Å²) in [5.41, 5.74) is 0.391. The number of hydrogen-bond donors (Lipinski definition) is 0. The van der Waals surface area contributed by atoms with Crippen LogP contribution < -0.4 is 0 Å². The molecule has 0 fully saturated rings. The van der Waals surface area contributed by atoms with Gasteiger partial charge in [0.05, 0.1) is 15.1 Å². The Bertz CT molecular complexity index is 388. The van der Waals surface area contributed by atoms with Crippen LogP contribution >= 0.6 is 58.0 Å².